The zero-order chi connectivity index (χ0) is 20.7. The SMILES string of the molecule is C=CCOC(=O)N(C)C[C@H](C(O[SiH](C)C)OS(C)(=O)=O)[C@@H](C)C(C)(C)C. The van der Waals surface area contributed by atoms with Crippen molar-refractivity contribution in [1.29, 1.82) is 0 Å². The molecule has 0 aromatic heterocycles. The number of nitrogens with zero attached hydrogens (tertiary/aromatic N) is 1. The van der Waals surface area contributed by atoms with E-state index in [9.17, 15) is 13.2 Å². The van der Waals surface area contributed by atoms with Gasteiger partial charge >= 0.3 is 6.09 Å². The third kappa shape index (κ3) is 9.70. The van der Waals surface area contributed by atoms with E-state index in [2.05, 4.69) is 27.4 Å². The molecule has 1 unspecified atom stereocenters. The van der Waals surface area contributed by atoms with Crippen LogP contribution in [0.1, 0.15) is 27.7 Å². The summed E-state index contributed by atoms with van der Waals surface area (Å²) in [4.78, 5) is 13.5. The van der Waals surface area contributed by atoms with E-state index in [1.165, 1.54) is 11.0 Å². The third-order valence-corrected chi connectivity index (χ3v) is 5.51. The number of carbonyl (C=O) groups excluding carboxylic acids is 1. The van der Waals surface area contributed by atoms with Crippen molar-refractivity contribution in [3.8, 4) is 0 Å². The summed E-state index contributed by atoms with van der Waals surface area (Å²) in [7, 11) is -3.70. The smallest absolute Gasteiger partial charge is 0.409 e. The topological polar surface area (TPSA) is 82.1 Å². The van der Waals surface area contributed by atoms with Crippen LogP contribution in [0, 0.1) is 17.3 Å². The Morgan fingerprint density at radius 2 is 1.85 bits per heavy atom. The minimum absolute atomic E-state index is 0.0108. The van der Waals surface area contributed by atoms with Crippen LogP contribution in [0.3, 0.4) is 0 Å². The van der Waals surface area contributed by atoms with Crippen LogP contribution in [0.2, 0.25) is 13.1 Å². The van der Waals surface area contributed by atoms with Crippen molar-refractivity contribution in [2.24, 2.45) is 17.3 Å². The summed E-state index contributed by atoms with van der Waals surface area (Å²) in [6, 6.07) is 0. The van der Waals surface area contributed by atoms with Crippen LogP contribution in [0.25, 0.3) is 0 Å². The molecule has 0 bridgehead atoms. The molecular formula is C17H35NO6SSi. The molecule has 154 valence electrons. The molecule has 9 heteroatoms. The molecule has 1 amide bonds. The Bertz CT molecular complexity index is 558. The first-order chi connectivity index (χ1) is 11.7. The monoisotopic (exact) mass is 409 g/mol. The second kappa shape index (κ2) is 10.4. The van der Waals surface area contributed by atoms with Gasteiger partial charge in [-0.2, -0.15) is 8.42 Å². The molecule has 7 nitrogen and oxygen atoms in total. The van der Waals surface area contributed by atoms with Gasteiger partial charge in [0.15, 0.2) is 15.3 Å². The molecule has 0 heterocycles. The fourth-order valence-electron chi connectivity index (χ4n) is 2.39. The fourth-order valence-corrected chi connectivity index (χ4v) is 3.80. The molecule has 0 aromatic rings. The summed E-state index contributed by atoms with van der Waals surface area (Å²) in [5.41, 5.74) is -0.141. The van der Waals surface area contributed by atoms with Crippen molar-refractivity contribution in [2.45, 2.75) is 47.1 Å². The van der Waals surface area contributed by atoms with Gasteiger partial charge in [0.25, 0.3) is 10.1 Å². The molecule has 0 aromatic carbocycles. The number of rotatable bonds is 10. The lowest BCUT2D eigenvalue weighted by molar-refractivity contribution is -0.0782. The zero-order valence-electron chi connectivity index (χ0n) is 17.3. The highest BCUT2D eigenvalue weighted by Crippen LogP contribution is 2.36. The van der Waals surface area contributed by atoms with Crippen molar-refractivity contribution >= 4 is 25.3 Å². The Morgan fingerprint density at radius 1 is 1.31 bits per heavy atom. The van der Waals surface area contributed by atoms with Gasteiger partial charge in [-0.05, 0) is 24.4 Å². The molecule has 0 spiro atoms. The quantitative estimate of drug-likeness (QED) is 0.239. The summed E-state index contributed by atoms with van der Waals surface area (Å²) in [6.45, 7) is 16.0. The molecule has 0 saturated carbocycles. The van der Waals surface area contributed by atoms with Gasteiger partial charge in [0.05, 0.1) is 6.26 Å². The van der Waals surface area contributed by atoms with Gasteiger partial charge in [-0.3, -0.25) is 0 Å². The van der Waals surface area contributed by atoms with E-state index in [-0.39, 0.29) is 30.4 Å². The highest BCUT2D eigenvalue weighted by molar-refractivity contribution is 7.86. The first kappa shape index (κ1) is 25.1. The van der Waals surface area contributed by atoms with Crippen LogP contribution in [-0.2, 0) is 23.5 Å². The van der Waals surface area contributed by atoms with E-state index in [1.807, 2.05) is 20.0 Å². The second-order valence-electron chi connectivity index (χ2n) is 7.92. The Hall–Kier alpha value is -0.903. The minimum Gasteiger partial charge on any atom is -0.445 e. The number of carbonyl (C=O) groups is 1. The first-order valence-electron chi connectivity index (χ1n) is 8.71. The van der Waals surface area contributed by atoms with Crippen LogP contribution in [0.4, 0.5) is 4.79 Å². The molecule has 0 saturated heterocycles. The highest BCUT2D eigenvalue weighted by atomic mass is 32.2. The molecule has 0 aliphatic heterocycles. The molecule has 0 fully saturated rings. The van der Waals surface area contributed by atoms with Crippen molar-refractivity contribution in [3.05, 3.63) is 12.7 Å². The number of amides is 1. The van der Waals surface area contributed by atoms with Gasteiger partial charge in [-0.1, -0.05) is 40.3 Å². The Morgan fingerprint density at radius 3 is 2.23 bits per heavy atom. The normalized spacial score (nSPS) is 16.0. The molecule has 0 radical (unpaired) electrons. The maximum absolute atomic E-state index is 12.1. The summed E-state index contributed by atoms with van der Waals surface area (Å²) in [6.07, 6.45) is 1.05. The summed E-state index contributed by atoms with van der Waals surface area (Å²) in [5, 5.41) is 0. The standard InChI is InChI=1S/C17H35NO6SSi/c1-10-11-22-16(19)18(6)12-14(13(2)17(3,4)5)15(24-26(8)9)23-25(7,20)21/h10,13-15,26H,1,11-12H2,2-9H3/t13-,14+,15?/m1/s1. The minimum atomic E-state index is -3.71. The van der Waals surface area contributed by atoms with Gasteiger partial charge in [0.1, 0.15) is 6.61 Å². The molecular weight excluding hydrogens is 374 g/mol. The summed E-state index contributed by atoms with van der Waals surface area (Å²) < 4.78 is 39.8. The van der Waals surface area contributed by atoms with Crippen molar-refractivity contribution < 1.29 is 26.6 Å². The van der Waals surface area contributed by atoms with E-state index in [1.54, 1.807) is 7.05 Å². The van der Waals surface area contributed by atoms with Gasteiger partial charge in [-0.15, -0.1) is 0 Å². The van der Waals surface area contributed by atoms with Crippen LogP contribution in [0.5, 0.6) is 0 Å². The van der Waals surface area contributed by atoms with Crippen LogP contribution >= 0.6 is 0 Å². The second-order valence-corrected chi connectivity index (χ2v) is 11.9. The molecule has 0 rings (SSSR count). The van der Waals surface area contributed by atoms with Crippen molar-refractivity contribution in [2.75, 3.05) is 26.5 Å². The fraction of sp³-hybridized carbons (Fsp3) is 0.824. The van der Waals surface area contributed by atoms with Crippen molar-refractivity contribution in [1.82, 2.24) is 4.90 Å². The van der Waals surface area contributed by atoms with E-state index < -0.39 is 31.5 Å². The largest absolute Gasteiger partial charge is 0.445 e. The Kier molecular flexibility index (Phi) is 10.1. The summed E-state index contributed by atoms with van der Waals surface area (Å²) in [5.74, 6) is -0.336. The zero-order valence-corrected chi connectivity index (χ0v) is 19.3. The average molecular weight is 410 g/mol. The van der Waals surface area contributed by atoms with Gasteiger partial charge in [-0.25, -0.2) is 8.98 Å². The Balaban J connectivity index is 5.65. The predicted molar refractivity (Wildman–Crippen MR) is 106 cm³/mol. The van der Waals surface area contributed by atoms with E-state index in [4.69, 9.17) is 13.3 Å². The van der Waals surface area contributed by atoms with E-state index >= 15 is 0 Å². The molecule has 0 aliphatic rings. The maximum atomic E-state index is 12.1. The van der Waals surface area contributed by atoms with Crippen molar-refractivity contribution in [3.63, 3.8) is 0 Å². The van der Waals surface area contributed by atoms with E-state index in [0.717, 1.165) is 6.26 Å². The maximum Gasteiger partial charge on any atom is 0.409 e. The average Bonchev–Trinajstić information content (AvgIpc) is 2.45. The van der Waals surface area contributed by atoms with Gasteiger partial charge in [0, 0.05) is 19.5 Å². The number of hydrogen-bond acceptors (Lipinski definition) is 6. The van der Waals surface area contributed by atoms with Gasteiger partial charge < -0.3 is 14.1 Å². The first-order valence-corrected chi connectivity index (χ1v) is 13.3. The highest BCUT2D eigenvalue weighted by Gasteiger charge is 2.38. The van der Waals surface area contributed by atoms with Crippen LogP contribution in [-0.4, -0.2) is 61.2 Å². The number of hydrogen-bond donors (Lipinski definition) is 0. The van der Waals surface area contributed by atoms with Crippen LogP contribution in [0.15, 0.2) is 12.7 Å². The summed E-state index contributed by atoms with van der Waals surface area (Å²) >= 11 is 0. The van der Waals surface area contributed by atoms with Crippen LogP contribution < -0.4 is 0 Å². The molecule has 0 aliphatic carbocycles. The lowest BCUT2D eigenvalue weighted by atomic mass is 9.74. The predicted octanol–water partition coefficient (Wildman–Crippen LogP) is 2.84. The molecule has 3 atom stereocenters. The molecule has 0 N–H and O–H groups in total. The number of ether oxygens (including phenoxy) is 1. The molecule has 26 heavy (non-hydrogen) atoms. The lowest BCUT2D eigenvalue weighted by Crippen LogP contribution is -2.46. The van der Waals surface area contributed by atoms with Gasteiger partial charge in [0.2, 0.25) is 0 Å². The lowest BCUT2D eigenvalue weighted by Gasteiger charge is -2.40. The third-order valence-electron chi connectivity index (χ3n) is 4.15. The van der Waals surface area contributed by atoms with E-state index in [0.29, 0.717) is 0 Å². The Labute approximate surface area is 160 Å².